The van der Waals surface area contributed by atoms with Crippen molar-refractivity contribution in [1.82, 2.24) is 0 Å². The molecule has 105 valence electrons. The first kappa shape index (κ1) is 14.8. The van der Waals surface area contributed by atoms with Gasteiger partial charge in [0.05, 0.1) is 5.39 Å². The lowest BCUT2D eigenvalue weighted by molar-refractivity contribution is 0.409. The van der Waals surface area contributed by atoms with Crippen molar-refractivity contribution in [1.29, 1.82) is 0 Å². The molecule has 2 aromatic carbocycles. The monoisotopic (exact) mass is 309 g/mol. The predicted octanol–water partition coefficient (Wildman–Crippen LogP) is 3.94. The summed E-state index contributed by atoms with van der Waals surface area (Å²) in [5.41, 5.74) is -0.774. The molecule has 0 aliphatic heterocycles. The van der Waals surface area contributed by atoms with Gasteiger partial charge in [-0.2, -0.15) is 0 Å². The van der Waals surface area contributed by atoms with E-state index in [1.54, 1.807) is 0 Å². The molecule has 0 saturated heterocycles. The minimum absolute atomic E-state index is 0.0167. The maximum absolute atomic E-state index is 13.7. The van der Waals surface area contributed by atoms with Crippen molar-refractivity contribution in [3.05, 3.63) is 46.3 Å². The molecular formula is C12H4F7Si. The summed E-state index contributed by atoms with van der Waals surface area (Å²) < 4.78 is 93.8. The highest BCUT2D eigenvalue weighted by Gasteiger charge is 2.29. The molecule has 0 aliphatic carbocycles. The lowest BCUT2D eigenvalue weighted by atomic mass is 9.99. The van der Waals surface area contributed by atoms with Crippen LogP contribution in [0.1, 0.15) is 5.56 Å². The third-order valence-electron chi connectivity index (χ3n) is 2.81. The van der Waals surface area contributed by atoms with Gasteiger partial charge in [-0.05, 0) is 6.42 Å². The highest BCUT2D eigenvalue weighted by molar-refractivity contribution is 6.08. The molecule has 0 aromatic heterocycles. The Morgan fingerprint density at radius 3 is 1.40 bits per heavy atom. The Hall–Kier alpha value is -1.57. The quantitative estimate of drug-likeness (QED) is 0.341. The summed E-state index contributed by atoms with van der Waals surface area (Å²) in [7, 11) is 2.91. The molecule has 0 nitrogen and oxygen atoms in total. The molecule has 2 aromatic rings. The maximum Gasteiger partial charge on any atom is 0.198 e. The predicted molar refractivity (Wildman–Crippen MR) is 57.9 cm³/mol. The Kier molecular flexibility index (Phi) is 3.77. The molecule has 0 aliphatic rings. The summed E-state index contributed by atoms with van der Waals surface area (Å²) in [6.07, 6.45) is -0.377. The molecule has 2 rings (SSSR count). The van der Waals surface area contributed by atoms with Crippen LogP contribution in [0, 0.1) is 40.7 Å². The largest absolute Gasteiger partial charge is 0.203 e. The second-order valence-electron chi connectivity index (χ2n) is 3.93. The highest BCUT2D eigenvalue weighted by Crippen LogP contribution is 2.35. The minimum atomic E-state index is -2.29. The summed E-state index contributed by atoms with van der Waals surface area (Å²) in [5.74, 6) is -14.5. The Labute approximate surface area is 111 Å². The van der Waals surface area contributed by atoms with Gasteiger partial charge in [-0.25, -0.2) is 30.7 Å². The Morgan fingerprint density at radius 1 is 0.550 bits per heavy atom. The lowest BCUT2D eigenvalue weighted by Gasteiger charge is -2.12. The average molecular weight is 309 g/mol. The van der Waals surface area contributed by atoms with Crippen molar-refractivity contribution in [2.75, 3.05) is 0 Å². The first-order valence-electron chi connectivity index (χ1n) is 5.28. The summed E-state index contributed by atoms with van der Waals surface area (Å²) in [6.45, 7) is 0. The van der Waals surface area contributed by atoms with Crippen molar-refractivity contribution < 1.29 is 30.7 Å². The lowest BCUT2D eigenvalue weighted by Crippen LogP contribution is -2.08. The van der Waals surface area contributed by atoms with Crippen LogP contribution in [0.4, 0.5) is 30.7 Å². The van der Waals surface area contributed by atoms with E-state index in [0.717, 1.165) is 0 Å². The van der Waals surface area contributed by atoms with Crippen molar-refractivity contribution >= 4 is 21.0 Å². The van der Waals surface area contributed by atoms with Gasteiger partial charge in [-0.1, -0.05) is 6.04 Å². The molecule has 0 atom stereocenters. The number of benzene rings is 2. The Morgan fingerprint density at radius 2 is 0.950 bits per heavy atom. The van der Waals surface area contributed by atoms with E-state index in [1.165, 1.54) is 0 Å². The number of halogens is 7. The molecule has 0 heterocycles. The summed E-state index contributed by atoms with van der Waals surface area (Å²) in [5, 5.41) is -2.59. The van der Waals surface area contributed by atoms with Crippen LogP contribution in [0.5, 0.6) is 0 Å². The van der Waals surface area contributed by atoms with E-state index in [4.69, 9.17) is 0 Å². The van der Waals surface area contributed by atoms with Crippen LogP contribution in [-0.4, -0.2) is 10.2 Å². The van der Waals surface area contributed by atoms with Gasteiger partial charge in [-0.15, -0.1) is 0 Å². The van der Waals surface area contributed by atoms with E-state index >= 15 is 0 Å². The van der Waals surface area contributed by atoms with Crippen LogP contribution < -0.4 is 0 Å². The van der Waals surface area contributed by atoms with Crippen LogP contribution in [0.2, 0.25) is 6.04 Å². The van der Waals surface area contributed by atoms with Crippen LogP contribution >= 0.6 is 0 Å². The van der Waals surface area contributed by atoms with Crippen LogP contribution in [0.3, 0.4) is 0 Å². The van der Waals surface area contributed by atoms with Gasteiger partial charge < -0.3 is 0 Å². The third kappa shape index (κ3) is 1.89. The van der Waals surface area contributed by atoms with E-state index in [-0.39, 0.29) is 12.5 Å². The second kappa shape index (κ2) is 5.08. The van der Waals surface area contributed by atoms with Gasteiger partial charge in [0, 0.05) is 21.2 Å². The van der Waals surface area contributed by atoms with Gasteiger partial charge >= 0.3 is 0 Å². The molecule has 8 heteroatoms. The molecule has 0 amide bonds. The van der Waals surface area contributed by atoms with E-state index in [1.807, 2.05) is 0 Å². The van der Waals surface area contributed by atoms with Gasteiger partial charge in [0.1, 0.15) is 0 Å². The number of hydrogen-bond acceptors (Lipinski definition) is 0. The molecule has 0 saturated carbocycles. The average Bonchev–Trinajstić information content (AvgIpc) is 2.43. The first-order chi connectivity index (χ1) is 9.32. The summed E-state index contributed by atoms with van der Waals surface area (Å²) >= 11 is 0. The Bertz CT molecular complexity index is 703. The zero-order chi connectivity index (χ0) is 15.2. The van der Waals surface area contributed by atoms with Crippen molar-refractivity contribution in [3.8, 4) is 0 Å². The fraction of sp³-hybridized carbons (Fsp3) is 0.167. The molecule has 20 heavy (non-hydrogen) atoms. The van der Waals surface area contributed by atoms with Crippen LogP contribution in [0.25, 0.3) is 10.8 Å². The fourth-order valence-electron chi connectivity index (χ4n) is 1.93. The number of hydrogen-bond donors (Lipinski definition) is 0. The smallest absolute Gasteiger partial charge is 0.198 e. The third-order valence-corrected chi connectivity index (χ3v) is 3.06. The topological polar surface area (TPSA) is 0 Å². The zero-order valence-electron chi connectivity index (χ0n) is 9.56. The summed E-state index contributed by atoms with van der Waals surface area (Å²) in [4.78, 5) is 0. The molecule has 3 radical (unpaired) electrons. The van der Waals surface area contributed by atoms with Gasteiger partial charge in [0.2, 0.25) is 0 Å². The molecule has 0 fully saturated rings. The minimum Gasteiger partial charge on any atom is -0.203 e. The molecule has 0 N–H and O–H groups in total. The van der Waals surface area contributed by atoms with Gasteiger partial charge in [0.15, 0.2) is 40.7 Å². The zero-order valence-corrected chi connectivity index (χ0v) is 10.6. The van der Waals surface area contributed by atoms with E-state index in [0.29, 0.717) is 0 Å². The SMILES string of the molecule is Fc1c(F)c(F)c2c(CC[Si])c(F)c(F)c(F)c2c1F. The maximum atomic E-state index is 13.7. The number of rotatable bonds is 2. The van der Waals surface area contributed by atoms with Crippen LogP contribution in [-0.2, 0) is 6.42 Å². The summed E-state index contributed by atoms with van der Waals surface area (Å²) in [6, 6.07) is -0.0167. The number of aryl methyl sites for hydroxylation is 1. The van der Waals surface area contributed by atoms with Gasteiger partial charge in [-0.3, -0.25) is 0 Å². The van der Waals surface area contributed by atoms with Crippen molar-refractivity contribution in [2.24, 2.45) is 0 Å². The van der Waals surface area contributed by atoms with E-state index in [9.17, 15) is 30.7 Å². The fourth-order valence-corrected chi connectivity index (χ4v) is 2.18. The molecule has 0 bridgehead atoms. The number of fused-ring (bicyclic) bond motifs is 1. The highest BCUT2D eigenvalue weighted by atomic mass is 28.1. The second-order valence-corrected chi connectivity index (χ2v) is 4.43. The molecule has 0 spiro atoms. The van der Waals surface area contributed by atoms with E-state index in [2.05, 4.69) is 10.2 Å². The molecular weight excluding hydrogens is 305 g/mol. The standard InChI is InChI=1S/C12H4F7Si/c13-6-3(1-2-20)4-5(8(15)10(6)17)9(16)12(19)11(18)7(4)14/h1-2H2. The Balaban J connectivity index is 3.13. The van der Waals surface area contributed by atoms with E-state index < -0.39 is 57.1 Å². The van der Waals surface area contributed by atoms with Crippen LogP contribution in [0.15, 0.2) is 0 Å². The van der Waals surface area contributed by atoms with Crippen molar-refractivity contribution in [2.45, 2.75) is 12.5 Å². The first-order valence-corrected chi connectivity index (χ1v) is 5.99. The van der Waals surface area contributed by atoms with Crippen molar-refractivity contribution in [3.63, 3.8) is 0 Å². The normalized spacial score (nSPS) is 11.4. The molecule has 0 unspecified atom stereocenters. The van der Waals surface area contributed by atoms with Gasteiger partial charge in [0.25, 0.3) is 0 Å².